The number of nitrogens with zero attached hydrogens (tertiary/aromatic N) is 4. The molecule has 0 bridgehead atoms. The van der Waals surface area contributed by atoms with E-state index in [0.29, 0.717) is 17.1 Å². The van der Waals surface area contributed by atoms with Crippen molar-refractivity contribution in [3.8, 4) is 11.5 Å². The van der Waals surface area contributed by atoms with Gasteiger partial charge in [0.1, 0.15) is 6.26 Å². The molecule has 8 heteroatoms. The van der Waals surface area contributed by atoms with E-state index in [1.165, 1.54) is 6.26 Å². The Morgan fingerprint density at radius 1 is 1.43 bits per heavy atom. The van der Waals surface area contributed by atoms with Crippen molar-refractivity contribution in [3.63, 3.8) is 0 Å². The number of hydrogen-bond acceptors (Lipinski definition) is 5. The SMILES string of the molecule is CC(C)n1cc(NC(=O)c2coc(-c3cn[nH]c3)n2)cn1. The first-order valence-electron chi connectivity index (χ1n) is 6.43. The van der Waals surface area contributed by atoms with Crippen molar-refractivity contribution in [2.24, 2.45) is 0 Å². The predicted octanol–water partition coefficient (Wildman–Crippen LogP) is 2.09. The van der Waals surface area contributed by atoms with Crippen LogP contribution in [0.15, 0.2) is 35.5 Å². The summed E-state index contributed by atoms with van der Waals surface area (Å²) in [5, 5.41) is 13.3. The molecular formula is C13H14N6O2. The number of rotatable bonds is 4. The molecule has 0 radical (unpaired) electrons. The predicted molar refractivity (Wildman–Crippen MR) is 74.6 cm³/mol. The van der Waals surface area contributed by atoms with E-state index >= 15 is 0 Å². The molecule has 0 spiro atoms. The zero-order chi connectivity index (χ0) is 14.8. The molecule has 0 aliphatic heterocycles. The number of amides is 1. The van der Waals surface area contributed by atoms with Crippen LogP contribution >= 0.6 is 0 Å². The first-order chi connectivity index (χ1) is 10.1. The molecule has 3 aromatic heterocycles. The van der Waals surface area contributed by atoms with Crippen LogP contribution in [-0.2, 0) is 0 Å². The van der Waals surface area contributed by atoms with Crippen LogP contribution in [0.3, 0.4) is 0 Å². The second-order valence-corrected chi connectivity index (χ2v) is 4.78. The van der Waals surface area contributed by atoms with Crippen molar-refractivity contribution >= 4 is 11.6 Å². The molecule has 0 unspecified atom stereocenters. The van der Waals surface area contributed by atoms with Crippen LogP contribution in [0.2, 0.25) is 0 Å². The fourth-order valence-corrected chi connectivity index (χ4v) is 1.76. The highest BCUT2D eigenvalue weighted by molar-refractivity contribution is 6.02. The molecule has 2 N–H and O–H groups in total. The Bertz CT molecular complexity index is 740. The Balaban J connectivity index is 1.73. The van der Waals surface area contributed by atoms with Crippen molar-refractivity contribution in [2.75, 3.05) is 5.32 Å². The Labute approximate surface area is 120 Å². The third-order valence-corrected chi connectivity index (χ3v) is 2.87. The van der Waals surface area contributed by atoms with E-state index in [0.717, 1.165) is 0 Å². The quantitative estimate of drug-likeness (QED) is 0.764. The summed E-state index contributed by atoms with van der Waals surface area (Å²) in [5.74, 6) is -0.0106. The molecule has 3 heterocycles. The fraction of sp³-hybridized carbons (Fsp3) is 0.231. The highest BCUT2D eigenvalue weighted by Crippen LogP contribution is 2.17. The van der Waals surface area contributed by atoms with Crippen LogP contribution in [0.25, 0.3) is 11.5 Å². The highest BCUT2D eigenvalue weighted by Gasteiger charge is 2.15. The van der Waals surface area contributed by atoms with Gasteiger partial charge < -0.3 is 9.73 Å². The standard InChI is InChI=1S/C13H14N6O2/c1-8(2)19-6-10(5-16-19)17-12(20)11-7-21-13(18-11)9-3-14-15-4-9/h3-8H,1-2H3,(H,14,15)(H,17,20). The third-order valence-electron chi connectivity index (χ3n) is 2.87. The Kier molecular flexibility index (Phi) is 3.27. The van der Waals surface area contributed by atoms with Crippen LogP contribution in [0.1, 0.15) is 30.4 Å². The van der Waals surface area contributed by atoms with Gasteiger partial charge in [0, 0.05) is 18.4 Å². The average Bonchev–Trinajstić information content (AvgIpc) is 3.19. The van der Waals surface area contributed by atoms with Gasteiger partial charge in [-0.1, -0.05) is 0 Å². The van der Waals surface area contributed by atoms with Crippen molar-refractivity contribution in [2.45, 2.75) is 19.9 Å². The summed E-state index contributed by atoms with van der Waals surface area (Å²) in [6.07, 6.45) is 7.87. The number of anilines is 1. The maximum Gasteiger partial charge on any atom is 0.277 e. The van der Waals surface area contributed by atoms with E-state index in [1.807, 2.05) is 13.8 Å². The maximum atomic E-state index is 12.1. The lowest BCUT2D eigenvalue weighted by Gasteiger charge is -2.03. The molecule has 3 aromatic rings. The average molecular weight is 286 g/mol. The van der Waals surface area contributed by atoms with Gasteiger partial charge in [0.15, 0.2) is 5.69 Å². The minimum atomic E-state index is -0.350. The lowest BCUT2D eigenvalue weighted by atomic mass is 10.3. The number of aromatic amines is 1. The molecule has 0 saturated heterocycles. The normalized spacial score (nSPS) is 11.0. The topological polar surface area (TPSA) is 102 Å². The summed E-state index contributed by atoms with van der Waals surface area (Å²) in [4.78, 5) is 16.2. The second kappa shape index (κ2) is 5.23. The van der Waals surface area contributed by atoms with E-state index in [4.69, 9.17) is 4.42 Å². The lowest BCUT2D eigenvalue weighted by molar-refractivity contribution is 0.102. The Morgan fingerprint density at radius 3 is 2.95 bits per heavy atom. The minimum Gasteiger partial charge on any atom is -0.444 e. The molecule has 0 atom stereocenters. The molecule has 8 nitrogen and oxygen atoms in total. The lowest BCUT2D eigenvalue weighted by Crippen LogP contribution is -2.11. The fourth-order valence-electron chi connectivity index (χ4n) is 1.76. The molecule has 0 aromatic carbocycles. The summed E-state index contributed by atoms with van der Waals surface area (Å²) in [5.41, 5.74) is 1.49. The molecule has 0 aliphatic rings. The van der Waals surface area contributed by atoms with E-state index in [1.54, 1.807) is 29.5 Å². The van der Waals surface area contributed by atoms with Gasteiger partial charge in [-0.05, 0) is 13.8 Å². The number of H-pyrrole nitrogens is 1. The molecule has 21 heavy (non-hydrogen) atoms. The van der Waals surface area contributed by atoms with Crippen molar-refractivity contribution < 1.29 is 9.21 Å². The zero-order valence-electron chi connectivity index (χ0n) is 11.6. The summed E-state index contributed by atoms with van der Waals surface area (Å²) in [6.45, 7) is 4.01. The van der Waals surface area contributed by atoms with Gasteiger partial charge in [-0.25, -0.2) is 4.98 Å². The molecule has 0 fully saturated rings. The Hall–Kier alpha value is -2.90. The van der Waals surface area contributed by atoms with Crippen LogP contribution < -0.4 is 5.32 Å². The summed E-state index contributed by atoms with van der Waals surface area (Å²) >= 11 is 0. The number of carbonyl (C=O) groups excluding carboxylic acids is 1. The van der Waals surface area contributed by atoms with E-state index in [-0.39, 0.29) is 17.6 Å². The van der Waals surface area contributed by atoms with Gasteiger partial charge in [-0.3, -0.25) is 14.6 Å². The van der Waals surface area contributed by atoms with Gasteiger partial charge in [-0.2, -0.15) is 10.2 Å². The number of carbonyl (C=O) groups is 1. The van der Waals surface area contributed by atoms with E-state index in [2.05, 4.69) is 25.6 Å². The summed E-state index contributed by atoms with van der Waals surface area (Å²) in [7, 11) is 0. The molecule has 108 valence electrons. The second-order valence-electron chi connectivity index (χ2n) is 4.78. The van der Waals surface area contributed by atoms with Crippen molar-refractivity contribution in [1.29, 1.82) is 0 Å². The highest BCUT2D eigenvalue weighted by atomic mass is 16.3. The number of aromatic nitrogens is 5. The van der Waals surface area contributed by atoms with Crippen LogP contribution in [0, 0.1) is 0 Å². The smallest absolute Gasteiger partial charge is 0.277 e. The van der Waals surface area contributed by atoms with Gasteiger partial charge in [0.05, 0.1) is 23.6 Å². The monoisotopic (exact) mass is 286 g/mol. The first kappa shape index (κ1) is 13.1. The van der Waals surface area contributed by atoms with Gasteiger partial charge >= 0.3 is 0 Å². The van der Waals surface area contributed by atoms with Crippen LogP contribution in [0.4, 0.5) is 5.69 Å². The van der Waals surface area contributed by atoms with Crippen molar-refractivity contribution in [3.05, 3.63) is 36.7 Å². The number of oxazole rings is 1. The van der Waals surface area contributed by atoms with Crippen molar-refractivity contribution in [1.82, 2.24) is 25.0 Å². The maximum absolute atomic E-state index is 12.1. The molecule has 1 amide bonds. The molecule has 3 rings (SSSR count). The van der Waals surface area contributed by atoms with E-state index in [9.17, 15) is 4.79 Å². The number of hydrogen-bond donors (Lipinski definition) is 2. The zero-order valence-corrected chi connectivity index (χ0v) is 11.6. The van der Waals surface area contributed by atoms with E-state index < -0.39 is 0 Å². The largest absolute Gasteiger partial charge is 0.444 e. The summed E-state index contributed by atoms with van der Waals surface area (Å²) in [6, 6.07) is 0.232. The minimum absolute atomic E-state index is 0.198. The summed E-state index contributed by atoms with van der Waals surface area (Å²) < 4.78 is 7.02. The van der Waals surface area contributed by atoms with Gasteiger partial charge in [0.2, 0.25) is 5.89 Å². The van der Waals surface area contributed by atoms with Gasteiger partial charge in [-0.15, -0.1) is 0 Å². The molecular weight excluding hydrogens is 272 g/mol. The first-order valence-corrected chi connectivity index (χ1v) is 6.43. The number of nitrogens with one attached hydrogen (secondary N) is 2. The van der Waals surface area contributed by atoms with Crippen LogP contribution in [0.5, 0.6) is 0 Å². The molecule has 0 aliphatic carbocycles. The molecule has 0 saturated carbocycles. The Morgan fingerprint density at radius 2 is 2.29 bits per heavy atom. The van der Waals surface area contributed by atoms with Gasteiger partial charge in [0.25, 0.3) is 5.91 Å². The van der Waals surface area contributed by atoms with Crippen LogP contribution in [-0.4, -0.2) is 30.9 Å². The third kappa shape index (κ3) is 2.69.